The summed E-state index contributed by atoms with van der Waals surface area (Å²) in [6.07, 6.45) is 0. The summed E-state index contributed by atoms with van der Waals surface area (Å²) >= 11 is 1.50. The first kappa shape index (κ1) is 13.6. The van der Waals surface area contributed by atoms with Gasteiger partial charge in [-0.2, -0.15) is 0 Å². The van der Waals surface area contributed by atoms with E-state index in [0.29, 0.717) is 11.0 Å². The zero-order valence-corrected chi connectivity index (χ0v) is 13.6. The second-order valence-corrected chi connectivity index (χ2v) is 7.96. The summed E-state index contributed by atoms with van der Waals surface area (Å²) in [6.45, 7) is 8.27. The second kappa shape index (κ2) is 3.65. The highest BCUT2D eigenvalue weighted by Crippen LogP contribution is 2.78. The van der Waals surface area contributed by atoms with Crippen LogP contribution in [0.25, 0.3) is 21.3 Å². The maximum absolute atomic E-state index is 12.3. The minimum atomic E-state index is -0.757. The topological polar surface area (TPSA) is 94.9 Å². The maximum Gasteiger partial charge on any atom is 0.231 e. The van der Waals surface area contributed by atoms with Gasteiger partial charge in [0.15, 0.2) is 5.52 Å². The van der Waals surface area contributed by atoms with E-state index in [4.69, 9.17) is 15.3 Å². The fourth-order valence-corrected chi connectivity index (χ4v) is 5.45. The Morgan fingerprint density at radius 3 is 2.41 bits per heavy atom. The Bertz CT molecular complexity index is 923. The number of primary amides is 1. The van der Waals surface area contributed by atoms with E-state index in [1.807, 2.05) is 12.1 Å². The molecule has 0 atom stereocenters. The van der Waals surface area contributed by atoms with Gasteiger partial charge in [0.05, 0.1) is 4.70 Å². The Balaban J connectivity index is 2.04. The standard InChI is InChI=1S/C15H16N4O2S/c1-13(2)14(3,4)15(13,11(16)20)12-17-10-8(22-12)6-5-7-9(10)19-21-18-7/h5-6H,1-4H3,(H2,16,20). The molecule has 2 N–H and O–H groups in total. The molecular formula is C15H16N4O2S. The molecule has 1 aliphatic carbocycles. The van der Waals surface area contributed by atoms with Crippen LogP contribution in [0.3, 0.4) is 0 Å². The van der Waals surface area contributed by atoms with Crippen LogP contribution in [-0.4, -0.2) is 21.2 Å². The zero-order chi connectivity index (χ0) is 15.9. The van der Waals surface area contributed by atoms with Crippen LogP contribution in [0.4, 0.5) is 0 Å². The van der Waals surface area contributed by atoms with Crippen LogP contribution in [0.15, 0.2) is 16.8 Å². The van der Waals surface area contributed by atoms with Crippen molar-refractivity contribution in [3.63, 3.8) is 0 Å². The molecule has 1 aromatic carbocycles. The van der Waals surface area contributed by atoms with Crippen LogP contribution in [0.2, 0.25) is 0 Å². The van der Waals surface area contributed by atoms with Crippen LogP contribution in [-0.2, 0) is 10.2 Å². The molecule has 0 bridgehead atoms. The van der Waals surface area contributed by atoms with E-state index in [-0.39, 0.29) is 16.7 Å². The maximum atomic E-state index is 12.3. The molecule has 1 amide bonds. The third-order valence-electron chi connectivity index (χ3n) is 5.85. The van der Waals surface area contributed by atoms with Gasteiger partial charge in [-0.1, -0.05) is 27.7 Å². The van der Waals surface area contributed by atoms with Gasteiger partial charge in [0.2, 0.25) is 5.91 Å². The minimum absolute atomic E-state index is 0.249. The van der Waals surface area contributed by atoms with Crippen molar-refractivity contribution < 1.29 is 9.42 Å². The van der Waals surface area contributed by atoms with Crippen molar-refractivity contribution in [3.05, 3.63) is 17.1 Å². The van der Waals surface area contributed by atoms with Crippen LogP contribution >= 0.6 is 11.3 Å². The molecule has 114 valence electrons. The highest BCUT2D eigenvalue weighted by molar-refractivity contribution is 7.19. The number of carbonyl (C=O) groups excluding carboxylic acids is 1. The fourth-order valence-electron chi connectivity index (χ4n) is 3.97. The molecule has 1 aliphatic rings. The average molecular weight is 316 g/mol. The van der Waals surface area contributed by atoms with Crippen molar-refractivity contribution >= 4 is 38.5 Å². The lowest BCUT2D eigenvalue weighted by molar-refractivity contribution is -0.121. The second-order valence-electron chi connectivity index (χ2n) is 6.93. The van der Waals surface area contributed by atoms with Crippen LogP contribution in [0, 0.1) is 10.8 Å². The molecule has 0 spiro atoms. The van der Waals surface area contributed by atoms with E-state index < -0.39 is 5.41 Å². The summed E-state index contributed by atoms with van der Waals surface area (Å²) in [7, 11) is 0. The van der Waals surface area contributed by atoms with E-state index >= 15 is 0 Å². The van der Waals surface area contributed by atoms with E-state index in [1.165, 1.54) is 11.3 Å². The van der Waals surface area contributed by atoms with Gasteiger partial charge < -0.3 is 5.73 Å². The number of carbonyl (C=O) groups is 1. The summed E-state index contributed by atoms with van der Waals surface area (Å²) in [5, 5.41) is 8.51. The van der Waals surface area contributed by atoms with Crippen molar-refractivity contribution in [2.45, 2.75) is 33.1 Å². The van der Waals surface area contributed by atoms with Crippen molar-refractivity contribution in [2.24, 2.45) is 16.6 Å². The highest BCUT2D eigenvalue weighted by Gasteiger charge is 2.82. The Morgan fingerprint density at radius 1 is 1.14 bits per heavy atom. The number of amides is 1. The van der Waals surface area contributed by atoms with E-state index in [1.54, 1.807) is 0 Å². The predicted octanol–water partition coefficient (Wildman–Crippen LogP) is 2.62. The number of hydrogen-bond acceptors (Lipinski definition) is 6. The largest absolute Gasteiger partial charge is 0.369 e. The molecule has 7 heteroatoms. The third kappa shape index (κ3) is 1.19. The van der Waals surface area contributed by atoms with Crippen LogP contribution in [0.5, 0.6) is 0 Å². The van der Waals surface area contributed by atoms with E-state index in [9.17, 15) is 4.79 Å². The molecule has 1 fully saturated rings. The van der Waals surface area contributed by atoms with Crippen molar-refractivity contribution in [1.82, 2.24) is 15.3 Å². The average Bonchev–Trinajstić information content (AvgIpc) is 2.90. The lowest BCUT2D eigenvalue weighted by Crippen LogP contribution is -2.34. The first-order chi connectivity index (χ1) is 10.2. The summed E-state index contributed by atoms with van der Waals surface area (Å²) in [5.74, 6) is -0.323. The predicted molar refractivity (Wildman–Crippen MR) is 83.4 cm³/mol. The first-order valence-electron chi connectivity index (χ1n) is 7.07. The molecule has 0 saturated heterocycles. The molecule has 4 rings (SSSR count). The first-order valence-corrected chi connectivity index (χ1v) is 7.89. The van der Waals surface area contributed by atoms with Gasteiger partial charge in [-0.05, 0) is 33.3 Å². The van der Waals surface area contributed by atoms with Gasteiger partial charge in [-0.15, -0.1) is 11.3 Å². The Morgan fingerprint density at radius 2 is 1.82 bits per heavy atom. The Labute approximate surface area is 130 Å². The van der Waals surface area contributed by atoms with Gasteiger partial charge >= 0.3 is 0 Å². The number of benzene rings is 1. The van der Waals surface area contributed by atoms with Crippen LogP contribution in [0.1, 0.15) is 32.7 Å². The Kier molecular flexibility index (Phi) is 2.26. The molecule has 0 aliphatic heterocycles. The zero-order valence-electron chi connectivity index (χ0n) is 12.8. The number of aromatic nitrogens is 3. The quantitative estimate of drug-likeness (QED) is 0.784. The number of fused-ring (bicyclic) bond motifs is 3. The number of hydrogen-bond donors (Lipinski definition) is 1. The lowest BCUT2D eigenvalue weighted by atomic mass is 9.94. The van der Waals surface area contributed by atoms with E-state index in [0.717, 1.165) is 15.2 Å². The molecule has 0 radical (unpaired) electrons. The van der Waals surface area contributed by atoms with Crippen molar-refractivity contribution in [3.8, 4) is 0 Å². The molecule has 0 unspecified atom stereocenters. The Hall–Kier alpha value is -2.02. The van der Waals surface area contributed by atoms with E-state index in [2.05, 4.69) is 38.0 Å². The number of nitrogens with two attached hydrogens (primary N) is 1. The molecular weight excluding hydrogens is 300 g/mol. The normalized spacial score (nSPS) is 21.3. The summed E-state index contributed by atoms with van der Waals surface area (Å²) in [4.78, 5) is 17.1. The molecule has 2 heterocycles. The van der Waals surface area contributed by atoms with Crippen LogP contribution < -0.4 is 5.73 Å². The number of nitrogens with zero attached hydrogens (tertiary/aromatic N) is 3. The number of rotatable bonds is 2. The number of thiazole rings is 1. The summed E-state index contributed by atoms with van der Waals surface area (Å²) in [6, 6.07) is 3.77. The fraction of sp³-hybridized carbons (Fsp3) is 0.467. The molecule has 2 aromatic heterocycles. The summed E-state index contributed by atoms with van der Waals surface area (Å²) < 4.78 is 5.74. The third-order valence-corrected chi connectivity index (χ3v) is 6.99. The van der Waals surface area contributed by atoms with Gasteiger partial charge in [0.25, 0.3) is 0 Å². The monoisotopic (exact) mass is 316 g/mol. The molecule has 22 heavy (non-hydrogen) atoms. The van der Waals surface area contributed by atoms with Gasteiger partial charge in [-0.25, -0.2) is 9.61 Å². The summed E-state index contributed by atoms with van der Waals surface area (Å²) in [5.41, 5.74) is 6.56. The molecule has 6 nitrogen and oxygen atoms in total. The van der Waals surface area contributed by atoms with Gasteiger partial charge in [0.1, 0.15) is 21.5 Å². The highest BCUT2D eigenvalue weighted by atomic mass is 32.1. The molecule has 1 saturated carbocycles. The lowest BCUT2D eigenvalue weighted by Gasteiger charge is -2.14. The minimum Gasteiger partial charge on any atom is -0.369 e. The van der Waals surface area contributed by atoms with Gasteiger partial charge in [-0.3, -0.25) is 4.79 Å². The molecule has 3 aromatic rings. The van der Waals surface area contributed by atoms with Crippen molar-refractivity contribution in [2.75, 3.05) is 0 Å². The van der Waals surface area contributed by atoms with Gasteiger partial charge in [0, 0.05) is 0 Å². The van der Waals surface area contributed by atoms with Crippen molar-refractivity contribution in [1.29, 1.82) is 0 Å². The SMILES string of the molecule is CC1(C)C(C)(C)C1(C(N)=O)c1nc2c(ccc3nonc32)s1. The smallest absolute Gasteiger partial charge is 0.231 e.